The van der Waals surface area contributed by atoms with E-state index in [1.165, 1.54) is 11.1 Å². The minimum absolute atomic E-state index is 0.0433. The highest BCUT2D eigenvalue weighted by Gasteiger charge is 2.33. The van der Waals surface area contributed by atoms with Crippen LogP contribution in [0.15, 0.2) is 24.3 Å². The Hall–Kier alpha value is -1.01. The van der Waals surface area contributed by atoms with Gasteiger partial charge in [-0.3, -0.25) is 4.79 Å². The maximum absolute atomic E-state index is 12.3. The lowest BCUT2D eigenvalue weighted by Crippen LogP contribution is -2.41. The van der Waals surface area contributed by atoms with Gasteiger partial charge in [-0.05, 0) is 25.8 Å². The number of hydrogen-bond donors (Lipinski definition) is 0. The van der Waals surface area contributed by atoms with Crippen molar-refractivity contribution in [2.45, 2.75) is 32.1 Å². The first-order valence-electron chi connectivity index (χ1n) is 7.54. The molecule has 1 aliphatic rings. The van der Waals surface area contributed by atoms with E-state index >= 15 is 0 Å². The van der Waals surface area contributed by atoms with Crippen LogP contribution in [0.1, 0.15) is 24.5 Å². The molecule has 1 unspecified atom stereocenters. The maximum atomic E-state index is 12.3. The van der Waals surface area contributed by atoms with Crippen molar-refractivity contribution in [3.05, 3.63) is 35.4 Å². The van der Waals surface area contributed by atoms with Crippen LogP contribution in [0.25, 0.3) is 0 Å². The summed E-state index contributed by atoms with van der Waals surface area (Å²) >= 11 is 1.58. The Bertz CT molecular complexity index is 611. The van der Waals surface area contributed by atoms with E-state index in [0.717, 1.165) is 5.75 Å². The fraction of sp³-hybridized carbons (Fsp3) is 0.562. The van der Waals surface area contributed by atoms with Crippen molar-refractivity contribution in [3.63, 3.8) is 0 Å². The van der Waals surface area contributed by atoms with Crippen LogP contribution in [-0.2, 0) is 20.4 Å². The predicted molar refractivity (Wildman–Crippen MR) is 91.8 cm³/mol. The van der Waals surface area contributed by atoms with Gasteiger partial charge in [-0.15, -0.1) is 11.8 Å². The lowest BCUT2D eigenvalue weighted by atomic mass is 10.2. The number of amides is 1. The fourth-order valence-electron chi connectivity index (χ4n) is 2.68. The largest absolute Gasteiger partial charge is 0.338 e. The summed E-state index contributed by atoms with van der Waals surface area (Å²) in [7, 11) is -2.95. The van der Waals surface area contributed by atoms with E-state index in [2.05, 4.69) is 31.2 Å². The number of carbonyl (C=O) groups excluding carboxylic acids is 1. The number of nitrogens with zero attached hydrogens (tertiary/aromatic N) is 1. The molecule has 6 heteroatoms. The second-order valence-corrected chi connectivity index (χ2v) is 8.93. The zero-order chi connectivity index (χ0) is 16.2. The van der Waals surface area contributed by atoms with Crippen LogP contribution in [-0.4, -0.2) is 49.1 Å². The third-order valence-corrected chi connectivity index (χ3v) is 6.66. The predicted octanol–water partition coefficient (Wildman–Crippen LogP) is 2.26. The molecule has 1 saturated heterocycles. The molecule has 1 aromatic carbocycles. The van der Waals surface area contributed by atoms with Gasteiger partial charge in [0.05, 0.1) is 17.3 Å². The topological polar surface area (TPSA) is 54.5 Å². The normalized spacial score (nSPS) is 20.0. The first kappa shape index (κ1) is 17.3. The Morgan fingerprint density at radius 1 is 1.32 bits per heavy atom. The first-order valence-corrected chi connectivity index (χ1v) is 10.5. The molecule has 0 aromatic heterocycles. The van der Waals surface area contributed by atoms with Crippen molar-refractivity contribution in [3.8, 4) is 0 Å². The Labute approximate surface area is 137 Å². The molecule has 1 fully saturated rings. The molecule has 1 heterocycles. The van der Waals surface area contributed by atoms with Crippen LogP contribution in [0.2, 0.25) is 0 Å². The highest BCUT2D eigenvalue weighted by molar-refractivity contribution is 7.99. The van der Waals surface area contributed by atoms with Crippen molar-refractivity contribution in [2.24, 2.45) is 0 Å². The minimum atomic E-state index is -2.95. The maximum Gasteiger partial charge on any atom is 0.232 e. The quantitative estimate of drug-likeness (QED) is 0.796. The number of sulfone groups is 1. The monoisotopic (exact) mass is 341 g/mol. The zero-order valence-corrected chi connectivity index (χ0v) is 14.8. The second-order valence-electron chi connectivity index (χ2n) is 5.72. The molecule has 0 bridgehead atoms. The summed E-state index contributed by atoms with van der Waals surface area (Å²) in [5.41, 5.74) is 2.43. The Morgan fingerprint density at radius 2 is 2.00 bits per heavy atom. The van der Waals surface area contributed by atoms with Crippen LogP contribution < -0.4 is 0 Å². The Kier molecular flexibility index (Phi) is 5.92. The van der Waals surface area contributed by atoms with E-state index in [1.54, 1.807) is 16.7 Å². The van der Waals surface area contributed by atoms with Crippen LogP contribution in [0, 0.1) is 6.92 Å². The van der Waals surface area contributed by atoms with Crippen molar-refractivity contribution >= 4 is 27.5 Å². The summed E-state index contributed by atoms with van der Waals surface area (Å²) in [6.07, 6.45) is 0.574. The zero-order valence-electron chi connectivity index (χ0n) is 13.1. The number of aryl methyl sites for hydroxylation is 1. The van der Waals surface area contributed by atoms with E-state index < -0.39 is 9.84 Å². The number of hydrogen-bond acceptors (Lipinski definition) is 4. The van der Waals surface area contributed by atoms with Crippen LogP contribution in [0.5, 0.6) is 0 Å². The van der Waals surface area contributed by atoms with Gasteiger partial charge in [-0.25, -0.2) is 8.42 Å². The molecule has 0 aliphatic carbocycles. The van der Waals surface area contributed by atoms with E-state index in [4.69, 9.17) is 0 Å². The second kappa shape index (κ2) is 7.51. The minimum Gasteiger partial charge on any atom is -0.338 e. The smallest absolute Gasteiger partial charge is 0.232 e. The van der Waals surface area contributed by atoms with E-state index in [0.29, 0.717) is 18.7 Å². The molecule has 4 nitrogen and oxygen atoms in total. The average molecular weight is 341 g/mol. The molecule has 2 rings (SSSR count). The molecular formula is C16H23NO3S2. The highest BCUT2D eigenvalue weighted by atomic mass is 32.2. The summed E-state index contributed by atoms with van der Waals surface area (Å²) in [5, 5.41) is 0. The molecule has 1 amide bonds. The first-order chi connectivity index (χ1) is 10.4. The molecule has 0 radical (unpaired) electrons. The van der Waals surface area contributed by atoms with Gasteiger partial charge in [0, 0.05) is 18.3 Å². The van der Waals surface area contributed by atoms with Crippen molar-refractivity contribution in [1.29, 1.82) is 0 Å². The standard InChI is InChI=1S/C16H23NO3S2/c1-3-17(15-8-9-22(19,20)12-15)16(18)11-21-10-14-6-4-13(2)5-7-14/h4-7,15H,3,8-12H2,1-2H3. The molecule has 0 spiro atoms. The van der Waals surface area contributed by atoms with Gasteiger partial charge in [0.25, 0.3) is 0 Å². The van der Waals surface area contributed by atoms with Crippen molar-refractivity contribution in [2.75, 3.05) is 23.8 Å². The summed E-state index contributed by atoms with van der Waals surface area (Å²) in [6, 6.07) is 8.16. The number of thioether (sulfide) groups is 1. The molecule has 0 saturated carbocycles. The van der Waals surface area contributed by atoms with E-state index in [-0.39, 0.29) is 23.5 Å². The van der Waals surface area contributed by atoms with Gasteiger partial charge < -0.3 is 4.90 Å². The van der Waals surface area contributed by atoms with Crippen LogP contribution in [0.3, 0.4) is 0 Å². The molecular weight excluding hydrogens is 318 g/mol. The third kappa shape index (κ3) is 4.74. The lowest BCUT2D eigenvalue weighted by Gasteiger charge is -2.26. The number of carbonyl (C=O) groups is 1. The third-order valence-electron chi connectivity index (χ3n) is 3.93. The van der Waals surface area contributed by atoms with Crippen molar-refractivity contribution < 1.29 is 13.2 Å². The molecule has 0 N–H and O–H groups in total. The van der Waals surface area contributed by atoms with E-state index in [9.17, 15) is 13.2 Å². The molecule has 1 atom stereocenters. The van der Waals surface area contributed by atoms with Gasteiger partial charge in [0.15, 0.2) is 9.84 Å². The van der Waals surface area contributed by atoms with Crippen LogP contribution >= 0.6 is 11.8 Å². The summed E-state index contributed by atoms with van der Waals surface area (Å²) in [6.45, 7) is 4.53. The summed E-state index contributed by atoms with van der Waals surface area (Å²) in [4.78, 5) is 14.1. The van der Waals surface area contributed by atoms with Gasteiger partial charge in [-0.1, -0.05) is 29.8 Å². The van der Waals surface area contributed by atoms with Crippen molar-refractivity contribution in [1.82, 2.24) is 4.90 Å². The molecule has 1 aromatic rings. The Balaban J connectivity index is 1.83. The van der Waals surface area contributed by atoms with Gasteiger partial charge >= 0.3 is 0 Å². The fourth-order valence-corrected chi connectivity index (χ4v) is 5.28. The molecule has 122 valence electrons. The summed E-state index contributed by atoms with van der Waals surface area (Å²) in [5.74, 6) is 1.57. The lowest BCUT2D eigenvalue weighted by molar-refractivity contribution is -0.129. The van der Waals surface area contributed by atoms with Crippen LogP contribution in [0.4, 0.5) is 0 Å². The number of rotatable bonds is 6. The SMILES string of the molecule is CCN(C(=O)CSCc1ccc(C)cc1)C1CCS(=O)(=O)C1. The van der Waals surface area contributed by atoms with Gasteiger partial charge in [0.1, 0.15) is 0 Å². The Morgan fingerprint density at radius 3 is 2.55 bits per heavy atom. The average Bonchev–Trinajstić information content (AvgIpc) is 2.82. The molecule has 1 aliphatic heterocycles. The number of benzene rings is 1. The van der Waals surface area contributed by atoms with Gasteiger partial charge in [-0.2, -0.15) is 0 Å². The van der Waals surface area contributed by atoms with Gasteiger partial charge in [0.2, 0.25) is 5.91 Å². The van der Waals surface area contributed by atoms with E-state index in [1.807, 2.05) is 6.92 Å². The highest BCUT2D eigenvalue weighted by Crippen LogP contribution is 2.20. The molecule has 22 heavy (non-hydrogen) atoms. The summed E-state index contributed by atoms with van der Waals surface area (Å²) < 4.78 is 23.1.